The number of fused-ring (bicyclic) bond motifs is 1. The van der Waals surface area contributed by atoms with Crippen molar-refractivity contribution < 1.29 is 8.78 Å². The highest BCUT2D eigenvalue weighted by atomic mass is 19.2. The molecule has 3 rings (SSSR count). The quantitative estimate of drug-likeness (QED) is 0.920. The fraction of sp³-hybridized carbons (Fsp3) is 0.438. The molecule has 1 N–H and O–H groups in total. The highest BCUT2D eigenvalue weighted by Gasteiger charge is 2.18. The van der Waals surface area contributed by atoms with Crippen molar-refractivity contribution in [2.24, 2.45) is 0 Å². The number of nitrogens with one attached hydrogen (secondary N) is 1. The number of benzene rings is 1. The molecule has 0 amide bonds. The van der Waals surface area contributed by atoms with Crippen LogP contribution < -0.4 is 5.32 Å². The van der Waals surface area contributed by atoms with E-state index < -0.39 is 11.6 Å². The van der Waals surface area contributed by atoms with Gasteiger partial charge in [0.2, 0.25) is 0 Å². The van der Waals surface area contributed by atoms with Gasteiger partial charge in [-0.05, 0) is 58.1 Å². The van der Waals surface area contributed by atoms with Gasteiger partial charge in [0.05, 0.1) is 0 Å². The van der Waals surface area contributed by atoms with E-state index in [0.717, 1.165) is 37.7 Å². The molecule has 0 aliphatic carbocycles. The Morgan fingerprint density at radius 2 is 1.95 bits per heavy atom. The van der Waals surface area contributed by atoms with E-state index in [1.54, 1.807) is 13.0 Å². The van der Waals surface area contributed by atoms with Gasteiger partial charge in [-0.15, -0.1) is 0 Å². The minimum Gasteiger partial charge on any atom is -0.382 e. The molecule has 0 spiro atoms. The monoisotopic (exact) mass is 291 g/mol. The van der Waals surface area contributed by atoms with Crippen molar-refractivity contribution in [3.05, 3.63) is 35.5 Å². The topological polar surface area (TPSA) is 28.2 Å². The molecule has 5 heteroatoms. The summed E-state index contributed by atoms with van der Waals surface area (Å²) in [7, 11) is 2.11. The van der Waals surface area contributed by atoms with Crippen molar-refractivity contribution in [2.45, 2.75) is 25.8 Å². The van der Waals surface area contributed by atoms with E-state index in [-0.39, 0.29) is 5.52 Å². The Balaban J connectivity index is 1.96. The Kier molecular flexibility index (Phi) is 3.76. The summed E-state index contributed by atoms with van der Waals surface area (Å²) in [5.41, 5.74) is 1.62. The molecule has 0 bridgehead atoms. The zero-order valence-electron chi connectivity index (χ0n) is 12.3. The fourth-order valence-corrected chi connectivity index (χ4v) is 2.85. The average molecular weight is 291 g/mol. The van der Waals surface area contributed by atoms with Crippen molar-refractivity contribution in [2.75, 3.05) is 25.5 Å². The van der Waals surface area contributed by atoms with Crippen LogP contribution in [0, 0.1) is 18.6 Å². The summed E-state index contributed by atoms with van der Waals surface area (Å²) in [5.74, 6) is -1.73. The Morgan fingerprint density at radius 1 is 1.24 bits per heavy atom. The van der Waals surface area contributed by atoms with E-state index in [2.05, 4.69) is 22.2 Å². The van der Waals surface area contributed by atoms with E-state index in [0.29, 0.717) is 17.1 Å². The number of rotatable bonds is 2. The third kappa shape index (κ3) is 2.83. The third-order valence-corrected chi connectivity index (χ3v) is 4.08. The van der Waals surface area contributed by atoms with Gasteiger partial charge < -0.3 is 10.2 Å². The van der Waals surface area contributed by atoms with E-state index >= 15 is 0 Å². The summed E-state index contributed by atoms with van der Waals surface area (Å²) in [6.07, 6.45) is 2.09. The van der Waals surface area contributed by atoms with Crippen LogP contribution in [-0.4, -0.2) is 36.1 Å². The number of likely N-dealkylation sites (tertiary alicyclic amines) is 1. The van der Waals surface area contributed by atoms with E-state index in [4.69, 9.17) is 0 Å². The molecule has 2 heterocycles. The molecule has 0 saturated carbocycles. The van der Waals surface area contributed by atoms with Gasteiger partial charge in [-0.3, -0.25) is 0 Å². The van der Waals surface area contributed by atoms with Crippen molar-refractivity contribution in [3.8, 4) is 0 Å². The third-order valence-electron chi connectivity index (χ3n) is 4.08. The van der Waals surface area contributed by atoms with Crippen molar-refractivity contribution >= 4 is 16.6 Å². The van der Waals surface area contributed by atoms with Gasteiger partial charge in [0, 0.05) is 22.8 Å². The van der Waals surface area contributed by atoms with Crippen molar-refractivity contribution in [1.82, 2.24) is 9.88 Å². The van der Waals surface area contributed by atoms with Crippen LogP contribution in [0.4, 0.5) is 14.5 Å². The van der Waals surface area contributed by atoms with Crippen LogP contribution in [0.1, 0.15) is 18.5 Å². The van der Waals surface area contributed by atoms with E-state index in [1.165, 1.54) is 0 Å². The molecule has 3 nitrogen and oxygen atoms in total. The lowest BCUT2D eigenvalue weighted by atomic mass is 10.0. The maximum Gasteiger partial charge on any atom is 0.185 e. The molecule has 0 atom stereocenters. The Bertz CT molecular complexity index is 664. The molecule has 21 heavy (non-hydrogen) atoms. The van der Waals surface area contributed by atoms with Gasteiger partial charge in [0.15, 0.2) is 11.6 Å². The van der Waals surface area contributed by atoms with Gasteiger partial charge in [-0.1, -0.05) is 0 Å². The SMILES string of the molecule is Cc1cc(NC2CCN(C)CC2)c2ccc(F)c(F)c2n1. The second-order valence-corrected chi connectivity index (χ2v) is 5.79. The lowest BCUT2D eigenvalue weighted by Crippen LogP contribution is -2.36. The standard InChI is InChI=1S/C16H19F2N3/c1-10-9-14(20-11-5-7-21(2)8-6-11)12-3-4-13(17)15(18)16(12)19-10/h3-4,9,11H,5-8H2,1-2H3,(H,19,20). The first kappa shape index (κ1) is 14.2. The first-order chi connectivity index (χ1) is 10.0. The van der Waals surface area contributed by atoms with Crippen LogP contribution in [0.5, 0.6) is 0 Å². The first-order valence-corrected chi connectivity index (χ1v) is 7.25. The molecule has 0 radical (unpaired) electrons. The molecule has 0 unspecified atom stereocenters. The van der Waals surface area contributed by atoms with Crippen molar-refractivity contribution in [1.29, 1.82) is 0 Å². The number of nitrogens with zero attached hydrogens (tertiary/aromatic N) is 2. The molecule has 1 aromatic heterocycles. The maximum absolute atomic E-state index is 13.9. The zero-order chi connectivity index (χ0) is 15.0. The molecule has 2 aromatic rings. The Hall–Kier alpha value is -1.75. The van der Waals surface area contributed by atoms with Gasteiger partial charge in [0.1, 0.15) is 5.52 Å². The highest BCUT2D eigenvalue weighted by molar-refractivity contribution is 5.92. The lowest BCUT2D eigenvalue weighted by Gasteiger charge is -2.30. The summed E-state index contributed by atoms with van der Waals surface area (Å²) in [4.78, 5) is 6.43. The van der Waals surface area contributed by atoms with E-state index in [1.807, 2.05) is 6.07 Å². The van der Waals surface area contributed by atoms with Gasteiger partial charge >= 0.3 is 0 Å². The van der Waals surface area contributed by atoms with Gasteiger partial charge in [-0.25, -0.2) is 13.8 Å². The average Bonchev–Trinajstić information content (AvgIpc) is 2.46. The van der Waals surface area contributed by atoms with Crippen LogP contribution >= 0.6 is 0 Å². The predicted molar refractivity (Wildman–Crippen MR) is 80.5 cm³/mol. The minimum atomic E-state index is -0.873. The number of halogens is 2. The molecule has 1 fully saturated rings. The van der Waals surface area contributed by atoms with Crippen LogP contribution in [0.15, 0.2) is 18.2 Å². The number of hydrogen-bond donors (Lipinski definition) is 1. The number of pyridine rings is 1. The van der Waals surface area contributed by atoms with Crippen LogP contribution in [-0.2, 0) is 0 Å². The van der Waals surface area contributed by atoms with Gasteiger partial charge in [-0.2, -0.15) is 0 Å². The normalized spacial score (nSPS) is 17.3. The van der Waals surface area contributed by atoms with Gasteiger partial charge in [0.25, 0.3) is 0 Å². The fourth-order valence-electron chi connectivity index (χ4n) is 2.85. The number of hydrogen-bond acceptors (Lipinski definition) is 3. The number of aryl methyl sites for hydroxylation is 1. The number of anilines is 1. The molecular weight excluding hydrogens is 272 g/mol. The smallest absolute Gasteiger partial charge is 0.185 e. The van der Waals surface area contributed by atoms with Crippen LogP contribution in [0.2, 0.25) is 0 Å². The first-order valence-electron chi connectivity index (χ1n) is 7.25. The second-order valence-electron chi connectivity index (χ2n) is 5.79. The summed E-state index contributed by atoms with van der Waals surface area (Å²) >= 11 is 0. The summed E-state index contributed by atoms with van der Waals surface area (Å²) in [6, 6.07) is 5.02. The molecule has 1 aromatic carbocycles. The molecular formula is C16H19F2N3. The van der Waals surface area contributed by atoms with Crippen LogP contribution in [0.25, 0.3) is 10.9 Å². The number of piperidine rings is 1. The van der Waals surface area contributed by atoms with Crippen LogP contribution in [0.3, 0.4) is 0 Å². The Labute approximate surface area is 123 Å². The molecule has 1 aliphatic rings. The van der Waals surface area contributed by atoms with Crippen molar-refractivity contribution in [3.63, 3.8) is 0 Å². The molecule has 1 saturated heterocycles. The molecule has 112 valence electrons. The highest BCUT2D eigenvalue weighted by Crippen LogP contribution is 2.28. The predicted octanol–water partition coefficient (Wildman–Crippen LogP) is 3.33. The lowest BCUT2D eigenvalue weighted by molar-refractivity contribution is 0.264. The summed E-state index contributed by atoms with van der Waals surface area (Å²) < 4.78 is 27.3. The maximum atomic E-state index is 13.9. The zero-order valence-corrected chi connectivity index (χ0v) is 12.3. The molecule has 1 aliphatic heterocycles. The number of aromatic nitrogens is 1. The summed E-state index contributed by atoms with van der Waals surface area (Å²) in [6.45, 7) is 3.88. The minimum absolute atomic E-state index is 0.102. The Morgan fingerprint density at radius 3 is 2.67 bits per heavy atom. The second kappa shape index (κ2) is 5.56. The summed E-state index contributed by atoms with van der Waals surface area (Å²) in [5, 5.41) is 4.11. The van der Waals surface area contributed by atoms with E-state index in [9.17, 15) is 8.78 Å². The largest absolute Gasteiger partial charge is 0.382 e.